The van der Waals surface area contributed by atoms with Crippen molar-refractivity contribution >= 4 is 157 Å². The van der Waals surface area contributed by atoms with Gasteiger partial charge in [-0.25, -0.2) is 14.4 Å². The van der Waals surface area contributed by atoms with Crippen molar-refractivity contribution in [1.82, 2.24) is 10.6 Å². The van der Waals surface area contributed by atoms with E-state index in [9.17, 15) is 101 Å². The Morgan fingerprint density at radius 2 is 0.581 bits per heavy atom. The van der Waals surface area contributed by atoms with Gasteiger partial charge in [-0.15, -0.1) is 0 Å². The predicted octanol–water partition coefficient (Wildman–Crippen LogP) is 0.384. The number of allylic oxidation sites excluding steroid dienone is 2. The smallest absolute Gasteiger partial charge is 0.333 e. The average Bonchev–Trinajstić information content (AvgIpc) is 0.921. The minimum atomic E-state index is -1.20. The summed E-state index contributed by atoms with van der Waals surface area (Å²) < 4.78 is 13.9. The number of carboxylic acid groups (broad SMARTS) is 10. The summed E-state index contributed by atoms with van der Waals surface area (Å²) >= 11 is 3.08. The molecular weight excluding hydrogens is 1770 g/mol. The average molecular weight is 1900 g/mol. The van der Waals surface area contributed by atoms with E-state index in [1.54, 1.807) is 41.5 Å². The van der Waals surface area contributed by atoms with Gasteiger partial charge in [0.05, 0.1) is 18.8 Å². The lowest BCUT2D eigenvalue weighted by molar-refractivity contribution is -0.146. The van der Waals surface area contributed by atoms with Gasteiger partial charge in [0, 0.05) is 77.5 Å². The summed E-state index contributed by atoms with van der Waals surface area (Å²) in [6.45, 7) is 49.3. The summed E-state index contributed by atoms with van der Waals surface area (Å²) in [6.07, 6.45) is 2.63. The van der Waals surface area contributed by atoms with Gasteiger partial charge in [-0.1, -0.05) is 101 Å². The second-order valence-corrected chi connectivity index (χ2v) is 29.9. The van der Waals surface area contributed by atoms with Crippen LogP contribution < -0.4 is 68.0 Å². The number of thioether (sulfide) groups is 3. The van der Waals surface area contributed by atoms with E-state index in [0.717, 1.165) is 35.3 Å². The van der Waals surface area contributed by atoms with Gasteiger partial charge in [0.2, 0.25) is 27.2 Å². The van der Waals surface area contributed by atoms with Gasteiger partial charge in [0.1, 0.15) is 67.0 Å². The SMILES string of the molecule is C=C(C(C)=O)C(=O)CCC(N)C(=O)O.C=C(C)C(=O)CCC(N)C(=O)O.C=C(C)C(=O)NCC(N)C(=O)O.C=C(C)C(=O)NCCC(N)C(=O)O.C=C(C)C(=O)OCC(N)C(=O)O.C=C(C)C(=O)OCCC(N)C(=O)O.C=C(C)C(=O)OCCCC(N)C(=O)O.C=C(C)C(=O)SCC(N)C(=O)O.C=C(C)C(=O)SCCC(N)C(=O)O.C=C(C)C(=O)SCCCC(N)C(=O)O. The number of hydrogen-bond donors (Lipinski definition) is 22. The first-order chi connectivity index (χ1) is 58.9. The zero-order valence-corrected chi connectivity index (χ0v) is 76.5. The molecule has 2 amide bonds. The second-order valence-electron chi connectivity index (χ2n) is 26.8. The van der Waals surface area contributed by atoms with Gasteiger partial charge in [0.15, 0.2) is 17.3 Å². The molecule has 32 N–H and O–H groups in total. The zero-order valence-electron chi connectivity index (χ0n) is 74.0. The largest absolute Gasteiger partial charge is 0.480 e. The van der Waals surface area contributed by atoms with Crippen LogP contribution in [0, 0.1) is 0 Å². The molecule has 0 aliphatic rings. The number of esters is 3. The van der Waals surface area contributed by atoms with Gasteiger partial charge < -0.3 is 133 Å². The molecule has 0 rings (SSSR count). The molecule has 0 spiro atoms. The maximum absolute atomic E-state index is 11.1. The van der Waals surface area contributed by atoms with E-state index in [0.29, 0.717) is 82.6 Å². The van der Waals surface area contributed by atoms with E-state index >= 15 is 0 Å². The molecule has 0 saturated carbocycles. The van der Waals surface area contributed by atoms with E-state index < -0.39 is 150 Å². The molecule has 10 unspecified atom stereocenters. The van der Waals surface area contributed by atoms with Crippen LogP contribution in [0.4, 0.5) is 0 Å². The highest BCUT2D eigenvalue weighted by Crippen LogP contribution is 2.14. The maximum Gasteiger partial charge on any atom is 0.333 e. The number of carbonyl (C=O) groups excluding carboxylic acids is 11. The van der Waals surface area contributed by atoms with Crippen LogP contribution in [0.25, 0.3) is 0 Å². The molecule has 0 bridgehead atoms. The van der Waals surface area contributed by atoms with Crippen LogP contribution in [-0.2, 0) is 115 Å². The van der Waals surface area contributed by atoms with Gasteiger partial charge >= 0.3 is 77.6 Å². The first-order valence-corrected chi connectivity index (χ1v) is 40.4. The van der Waals surface area contributed by atoms with Crippen molar-refractivity contribution in [2.45, 2.75) is 200 Å². The Hall–Kier alpha value is -11.9. The van der Waals surface area contributed by atoms with E-state index in [-0.39, 0.29) is 127 Å². The lowest BCUT2D eigenvalue weighted by Gasteiger charge is -2.07. The quantitative estimate of drug-likeness (QED) is 0.00978. The Morgan fingerprint density at radius 1 is 0.287 bits per heavy atom. The summed E-state index contributed by atoms with van der Waals surface area (Å²) in [5.74, 6) is -13.1. The molecule has 0 aliphatic carbocycles. The molecule has 10 atom stereocenters. The fraction of sp³-hybridized carbons (Fsp3) is 0.487. The van der Waals surface area contributed by atoms with Crippen LogP contribution in [-0.4, -0.2) is 284 Å². The maximum atomic E-state index is 11.1. The Morgan fingerprint density at radius 3 is 0.915 bits per heavy atom. The molecule has 0 aromatic carbocycles. The first-order valence-electron chi connectivity index (χ1n) is 37.5. The summed E-state index contributed by atoms with van der Waals surface area (Å²) in [5, 5.41) is 88.3. The summed E-state index contributed by atoms with van der Waals surface area (Å²) in [6, 6.07) is -9.75. The first kappa shape index (κ1) is 138. The number of nitrogens with one attached hydrogen (secondary N) is 2. The number of hydrogen-bond acceptors (Lipinski definition) is 37. The van der Waals surface area contributed by atoms with E-state index in [2.05, 4.69) is 85.9 Å². The number of carboxylic acids is 10. The third kappa shape index (κ3) is 90.7. The van der Waals surface area contributed by atoms with Crippen molar-refractivity contribution in [1.29, 1.82) is 0 Å². The Balaban J connectivity index is -0.000000153. The normalized spacial score (nSPS) is 12.0. The molecule has 0 aromatic rings. The molecule has 129 heavy (non-hydrogen) atoms. The highest BCUT2D eigenvalue weighted by atomic mass is 32.2. The minimum absolute atomic E-state index is 0.000833. The van der Waals surface area contributed by atoms with Gasteiger partial charge in [-0.3, -0.25) is 86.3 Å². The molecular formula is C80H130N12O34S3. The molecule has 49 heteroatoms. The Labute approximate surface area is 759 Å². The number of carbonyl (C=O) groups is 21. The number of Topliss-reactive ketones (excluding diaryl/α,β-unsaturated/α-hetero) is 3. The van der Waals surface area contributed by atoms with Gasteiger partial charge in [-0.05, 0) is 143 Å². The van der Waals surface area contributed by atoms with Crippen LogP contribution in [0.15, 0.2) is 122 Å². The molecule has 0 radical (unpaired) electrons. The molecule has 0 aliphatic heterocycles. The number of amides is 2. The third-order valence-electron chi connectivity index (χ3n) is 13.8. The van der Waals surface area contributed by atoms with E-state index in [1.165, 1.54) is 27.7 Å². The highest BCUT2D eigenvalue weighted by molar-refractivity contribution is 8.14. The fourth-order valence-electron chi connectivity index (χ4n) is 5.64. The van der Waals surface area contributed by atoms with Crippen molar-refractivity contribution < 1.29 is 166 Å². The third-order valence-corrected chi connectivity index (χ3v) is 17.1. The van der Waals surface area contributed by atoms with Crippen LogP contribution in [0.3, 0.4) is 0 Å². The van der Waals surface area contributed by atoms with Crippen LogP contribution in [0.2, 0.25) is 0 Å². The summed E-state index contributed by atoms with van der Waals surface area (Å²) in [5.41, 5.74) is 55.1. The van der Waals surface area contributed by atoms with Crippen molar-refractivity contribution in [3.63, 3.8) is 0 Å². The standard InChI is InChI=1S/C9H15NO4.C9H13NO4.C9H15NO3S.C8H14N2O3.C8H13NO4.C8H13NO3S.C8H13NO3.C7H12N2O3.C7H11NO4.C7H11NO3S/c1-6(2)9(13)14-5-3-4-7(10)8(11)12;1-5(6(2)11)8(12)4-3-7(10)9(13)14;1-6(2)9(13)14-5-3-4-7(10)8(11)12;1-5(2)7(11)10-4-3-6(9)8(12)13;2*1-5(2)8(12)13-4-3-6(9)7(10)11;1-5(2)7(10)4-3-6(9)8(11)12;1-4(2)6(10)9-3-5(8)7(11)12;2*1-4(2)7(11)12-3-5(8)6(9)10/h7H,1,3-5,10H2,2H3,(H,11,12);7H,1,3-4,10H2,2H3,(H,13,14);7H,1,3-5,10H2,2H3,(H,11,12);6H,1,3-4,9H2,2H3,(H,10,11)(H,12,13);2*6H,1,3-4,9H2,2H3,(H,10,11);6H,1,3-4,9H2,2H3,(H,11,12);5H,1,3,8H2,2H3,(H,9,10)(H,11,12);2*5H,1,3,8H2,2H3,(H,9,10). The number of ketones is 3. The molecule has 0 fully saturated rings. The number of aliphatic carboxylic acids is 10. The lowest BCUT2D eigenvalue weighted by atomic mass is 10.0. The molecule has 46 nitrogen and oxygen atoms in total. The van der Waals surface area contributed by atoms with Crippen LogP contribution in [0.1, 0.15) is 140 Å². The van der Waals surface area contributed by atoms with Gasteiger partial charge in [0.25, 0.3) is 0 Å². The van der Waals surface area contributed by atoms with Crippen LogP contribution >= 0.6 is 35.3 Å². The second kappa shape index (κ2) is 80.7. The fourth-order valence-corrected chi connectivity index (χ4v) is 7.90. The van der Waals surface area contributed by atoms with Crippen molar-refractivity contribution in [2.24, 2.45) is 57.3 Å². The minimum Gasteiger partial charge on any atom is -0.480 e. The number of ether oxygens (including phenoxy) is 3. The van der Waals surface area contributed by atoms with Crippen molar-refractivity contribution in [3.8, 4) is 0 Å². The predicted molar refractivity (Wildman–Crippen MR) is 481 cm³/mol. The zero-order chi connectivity index (χ0) is 104. The van der Waals surface area contributed by atoms with E-state index in [4.69, 9.17) is 113 Å². The molecule has 0 heterocycles. The highest BCUT2D eigenvalue weighted by Gasteiger charge is 2.22. The number of rotatable bonds is 50. The van der Waals surface area contributed by atoms with Crippen molar-refractivity contribution in [3.05, 3.63) is 122 Å². The van der Waals surface area contributed by atoms with Crippen molar-refractivity contribution in [2.75, 3.05) is 50.2 Å². The molecule has 0 aromatic heterocycles. The summed E-state index contributed by atoms with van der Waals surface area (Å²) in [4.78, 5) is 222. The molecule has 732 valence electrons. The summed E-state index contributed by atoms with van der Waals surface area (Å²) in [7, 11) is 0. The van der Waals surface area contributed by atoms with E-state index in [1.807, 2.05) is 0 Å². The van der Waals surface area contributed by atoms with Gasteiger partial charge in [-0.2, -0.15) is 0 Å². The number of nitrogens with two attached hydrogens (primary N) is 10. The topological polar surface area (TPSA) is 873 Å². The Kier molecular flexibility index (Phi) is 86.1. The Bertz CT molecular complexity index is 3560. The molecule has 0 saturated heterocycles. The van der Waals surface area contributed by atoms with Crippen LogP contribution in [0.5, 0.6) is 0 Å². The monoisotopic (exact) mass is 1900 g/mol. The lowest BCUT2D eigenvalue weighted by Crippen LogP contribution is -2.42.